The van der Waals surface area contributed by atoms with Gasteiger partial charge in [0.25, 0.3) is 5.91 Å². The van der Waals surface area contributed by atoms with Gasteiger partial charge in [-0.1, -0.05) is 0 Å². The summed E-state index contributed by atoms with van der Waals surface area (Å²) in [6.45, 7) is 2.54. The first kappa shape index (κ1) is 13.9. The van der Waals surface area contributed by atoms with Crippen molar-refractivity contribution in [1.29, 1.82) is 0 Å². The molecule has 88 valence electrons. The Morgan fingerprint density at radius 3 is 2.53 bits per heavy atom. The van der Waals surface area contributed by atoms with Crippen molar-refractivity contribution in [2.45, 2.75) is 13.0 Å². The van der Waals surface area contributed by atoms with Crippen LogP contribution in [0.5, 0.6) is 0 Å². The zero-order chi connectivity index (χ0) is 11.8. The van der Waals surface area contributed by atoms with Gasteiger partial charge in [-0.3, -0.25) is 9.59 Å². The molecule has 0 saturated heterocycles. The summed E-state index contributed by atoms with van der Waals surface area (Å²) < 4.78 is 4.82. The summed E-state index contributed by atoms with van der Waals surface area (Å²) in [6, 6.07) is 0. The van der Waals surface area contributed by atoms with E-state index in [2.05, 4.69) is 5.32 Å². The highest BCUT2D eigenvalue weighted by atomic mass is 16.5. The maximum atomic E-state index is 11.3. The molecule has 0 radical (unpaired) electrons. The Morgan fingerprint density at radius 1 is 1.53 bits per heavy atom. The Hall–Kier alpha value is -1.14. The molecule has 6 heteroatoms. The highest BCUT2D eigenvalue weighted by molar-refractivity contribution is 5.86. The molecule has 15 heavy (non-hydrogen) atoms. The van der Waals surface area contributed by atoms with Crippen LogP contribution in [0.4, 0.5) is 0 Å². The number of hydrogen-bond donors (Lipinski definition) is 2. The molecule has 1 atom stereocenters. The number of hydrogen-bond acceptors (Lipinski definition) is 4. The minimum absolute atomic E-state index is 0.0248. The molecule has 0 rings (SSSR count). The van der Waals surface area contributed by atoms with Gasteiger partial charge < -0.3 is 20.7 Å². The first-order valence-electron chi connectivity index (χ1n) is 4.81. The van der Waals surface area contributed by atoms with Crippen LogP contribution >= 0.6 is 0 Å². The Morgan fingerprint density at radius 2 is 2.13 bits per heavy atom. The van der Waals surface area contributed by atoms with E-state index in [-0.39, 0.29) is 24.9 Å². The molecule has 1 unspecified atom stereocenters. The minimum Gasteiger partial charge on any atom is -0.370 e. The predicted molar refractivity (Wildman–Crippen MR) is 56.2 cm³/mol. The molecule has 0 aromatic rings. The van der Waals surface area contributed by atoms with Crippen LogP contribution in [0.25, 0.3) is 0 Å². The zero-order valence-corrected chi connectivity index (χ0v) is 9.45. The van der Waals surface area contributed by atoms with Crippen molar-refractivity contribution in [3.63, 3.8) is 0 Å². The van der Waals surface area contributed by atoms with Crippen molar-refractivity contribution in [3.05, 3.63) is 0 Å². The summed E-state index contributed by atoms with van der Waals surface area (Å²) in [7, 11) is 3.07. The van der Waals surface area contributed by atoms with E-state index in [0.717, 1.165) is 0 Å². The van der Waals surface area contributed by atoms with Crippen LogP contribution < -0.4 is 11.1 Å². The Kier molecular flexibility index (Phi) is 6.64. The number of rotatable bonds is 6. The van der Waals surface area contributed by atoms with E-state index in [1.807, 2.05) is 6.92 Å². The molecule has 0 saturated carbocycles. The van der Waals surface area contributed by atoms with Gasteiger partial charge in [0.1, 0.15) is 6.10 Å². The molecule has 0 aliphatic rings. The van der Waals surface area contributed by atoms with Gasteiger partial charge in [0.05, 0.1) is 6.54 Å². The first-order chi connectivity index (χ1) is 7.06. The number of likely N-dealkylation sites (N-methyl/N-ethyl adjacent to an activating group) is 1. The fraction of sp³-hybridized carbons (Fsp3) is 0.778. The first-order valence-corrected chi connectivity index (χ1v) is 4.81. The summed E-state index contributed by atoms with van der Waals surface area (Å²) in [5.41, 5.74) is 5.30. The van der Waals surface area contributed by atoms with Crippen LogP contribution in [-0.2, 0) is 14.3 Å². The second kappa shape index (κ2) is 7.19. The van der Waals surface area contributed by atoms with Gasteiger partial charge in [-0.2, -0.15) is 0 Å². The quantitative estimate of drug-likeness (QED) is 0.570. The fourth-order valence-corrected chi connectivity index (χ4v) is 0.898. The van der Waals surface area contributed by atoms with Gasteiger partial charge in [0.15, 0.2) is 0 Å². The number of carbonyl (C=O) groups excluding carboxylic acids is 2. The third-order valence-corrected chi connectivity index (χ3v) is 2.10. The number of amides is 2. The normalized spacial score (nSPS) is 12.0. The van der Waals surface area contributed by atoms with E-state index in [1.54, 1.807) is 7.05 Å². The number of carbonyl (C=O) groups is 2. The van der Waals surface area contributed by atoms with Crippen molar-refractivity contribution >= 4 is 11.8 Å². The number of ether oxygens (including phenoxy) is 1. The molecule has 0 aromatic heterocycles. The highest BCUT2D eigenvalue weighted by Gasteiger charge is 2.16. The summed E-state index contributed by atoms with van der Waals surface area (Å²) >= 11 is 0. The summed E-state index contributed by atoms with van der Waals surface area (Å²) in [5.74, 6) is -0.504. The van der Waals surface area contributed by atoms with E-state index >= 15 is 0 Å². The lowest BCUT2D eigenvalue weighted by Gasteiger charge is -2.16. The number of methoxy groups -OCH3 is 1. The number of nitrogens with one attached hydrogen (secondary N) is 1. The molecule has 3 N–H and O–H groups in total. The Labute approximate surface area is 89.7 Å². The molecule has 0 heterocycles. The molecule has 2 amide bonds. The average molecular weight is 217 g/mol. The van der Waals surface area contributed by atoms with Crippen LogP contribution in [0.2, 0.25) is 0 Å². The maximum absolute atomic E-state index is 11.3. The van der Waals surface area contributed by atoms with E-state index in [1.165, 1.54) is 12.0 Å². The van der Waals surface area contributed by atoms with Crippen molar-refractivity contribution in [1.82, 2.24) is 10.2 Å². The molecule has 0 aromatic carbocycles. The van der Waals surface area contributed by atoms with Crippen molar-refractivity contribution in [2.24, 2.45) is 5.73 Å². The predicted octanol–water partition coefficient (Wildman–Crippen LogP) is -1.45. The molecular weight excluding hydrogens is 198 g/mol. The maximum Gasteiger partial charge on any atom is 0.250 e. The van der Waals surface area contributed by atoms with E-state index in [4.69, 9.17) is 10.5 Å². The van der Waals surface area contributed by atoms with Gasteiger partial charge >= 0.3 is 0 Å². The Bertz CT molecular complexity index is 217. The lowest BCUT2D eigenvalue weighted by molar-refractivity contribution is -0.135. The highest BCUT2D eigenvalue weighted by Crippen LogP contribution is 1.87. The van der Waals surface area contributed by atoms with Gasteiger partial charge in [0, 0.05) is 27.2 Å². The zero-order valence-electron chi connectivity index (χ0n) is 9.45. The smallest absolute Gasteiger partial charge is 0.250 e. The van der Waals surface area contributed by atoms with Crippen LogP contribution in [0, 0.1) is 0 Å². The van der Waals surface area contributed by atoms with Crippen molar-refractivity contribution in [3.8, 4) is 0 Å². The second-order valence-electron chi connectivity index (χ2n) is 3.09. The molecular formula is C9H19N3O3. The van der Waals surface area contributed by atoms with Crippen LogP contribution in [0.15, 0.2) is 0 Å². The van der Waals surface area contributed by atoms with E-state index < -0.39 is 6.10 Å². The fourth-order valence-electron chi connectivity index (χ4n) is 0.898. The van der Waals surface area contributed by atoms with E-state index in [0.29, 0.717) is 6.54 Å². The Balaban J connectivity index is 3.94. The van der Waals surface area contributed by atoms with E-state index in [9.17, 15) is 9.59 Å². The van der Waals surface area contributed by atoms with Crippen LogP contribution in [-0.4, -0.2) is 56.6 Å². The van der Waals surface area contributed by atoms with Gasteiger partial charge in [-0.15, -0.1) is 0 Å². The topological polar surface area (TPSA) is 84.7 Å². The molecule has 0 spiro atoms. The van der Waals surface area contributed by atoms with Gasteiger partial charge in [-0.05, 0) is 6.92 Å². The number of nitrogens with two attached hydrogens (primary N) is 1. The second-order valence-corrected chi connectivity index (χ2v) is 3.09. The monoisotopic (exact) mass is 217 g/mol. The van der Waals surface area contributed by atoms with Gasteiger partial charge in [0.2, 0.25) is 5.91 Å². The molecule has 6 nitrogen and oxygen atoms in total. The lowest BCUT2D eigenvalue weighted by Crippen LogP contribution is -2.45. The van der Waals surface area contributed by atoms with Crippen molar-refractivity contribution in [2.75, 3.05) is 33.8 Å². The summed E-state index contributed by atoms with van der Waals surface area (Å²) in [5, 5.41) is 2.46. The molecule has 0 aliphatic carbocycles. The summed E-state index contributed by atoms with van der Waals surface area (Å²) in [4.78, 5) is 24.2. The third kappa shape index (κ3) is 4.75. The lowest BCUT2D eigenvalue weighted by atomic mass is 10.3. The third-order valence-electron chi connectivity index (χ3n) is 2.10. The number of nitrogens with zero attached hydrogens (tertiary/aromatic N) is 1. The summed E-state index contributed by atoms with van der Waals surface area (Å²) in [6.07, 6.45) is -0.690. The largest absolute Gasteiger partial charge is 0.370 e. The van der Waals surface area contributed by atoms with Crippen LogP contribution in [0.3, 0.4) is 0 Å². The van der Waals surface area contributed by atoms with Crippen molar-refractivity contribution < 1.29 is 14.3 Å². The van der Waals surface area contributed by atoms with Gasteiger partial charge in [-0.25, -0.2) is 0 Å². The molecule has 0 fully saturated rings. The minimum atomic E-state index is -0.690. The SMILES string of the molecule is CCN(C)C(=O)CNC(=O)C(CN)OC. The average Bonchev–Trinajstić information content (AvgIpc) is 2.26. The molecule has 0 bridgehead atoms. The molecule has 0 aliphatic heterocycles. The van der Waals surface area contributed by atoms with Crippen LogP contribution in [0.1, 0.15) is 6.92 Å². The standard InChI is InChI=1S/C9H19N3O3/c1-4-12(2)8(13)6-11-9(14)7(5-10)15-3/h7H,4-6,10H2,1-3H3,(H,11,14).